The predicted molar refractivity (Wildman–Crippen MR) is 156 cm³/mol. The Kier molecular flexibility index (Phi) is 7.21. The molecule has 0 aliphatic rings. The van der Waals surface area contributed by atoms with Crippen molar-refractivity contribution in [2.45, 2.75) is 20.8 Å². The van der Waals surface area contributed by atoms with Gasteiger partial charge in [-0.05, 0) is 56.9 Å². The zero-order valence-corrected chi connectivity index (χ0v) is 22.9. The fourth-order valence-electron chi connectivity index (χ4n) is 4.74. The summed E-state index contributed by atoms with van der Waals surface area (Å²) < 4.78 is 11.9. The highest BCUT2D eigenvalue weighted by atomic mass is 16.5. The molecular weight excluding hydrogens is 490 g/mol. The van der Waals surface area contributed by atoms with E-state index in [-0.39, 0.29) is 11.3 Å². The van der Waals surface area contributed by atoms with Crippen molar-refractivity contribution < 1.29 is 13.9 Å². The van der Waals surface area contributed by atoms with E-state index >= 15 is 0 Å². The number of anilines is 3. The van der Waals surface area contributed by atoms with Crippen molar-refractivity contribution in [1.29, 1.82) is 0 Å². The fourth-order valence-corrected chi connectivity index (χ4v) is 4.74. The molecule has 0 fully saturated rings. The van der Waals surface area contributed by atoms with Crippen LogP contribution in [-0.4, -0.2) is 48.0 Å². The van der Waals surface area contributed by atoms with Gasteiger partial charge in [0.2, 0.25) is 0 Å². The van der Waals surface area contributed by atoms with Gasteiger partial charge in [0.05, 0.1) is 12.2 Å². The maximum absolute atomic E-state index is 13.3. The number of rotatable bonds is 9. The normalized spacial score (nSPS) is 11.7. The van der Waals surface area contributed by atoms with Crippen LogP contribution in [0.5, 0.6) is 6.01 Å². The highest BCUT2D eigenvalue weighted by Gasteiger charge is 2.21. The molecule has 0 unspecified atom stereocenters. The summed E-state index contributed by atoms with van der Waals surface area (Å²) in [4.78, 5) is 24.2. The van der Waals surface area contributed by atoms with Gasteiger partial charge in [-0.25, -0.2) is 4.98 Å². The van der Waals surface area contributed by atoms with Crippen LogP contribution < -0.4 is 15.4 Å². The first-order valence-electron chi connectivity index (χ1n) is 12.9. The van der Waals surface area contributed by atoms with Crippen molar-refractivity contribution in [3.05, 3.63) is 84.1 Å². The van der Waals surface area contributed by atoms with E-state index < -0.39 is 0 Å². The van der Waals surface area contributed by atoms with E-state index in [1.807, 2.05) is 75.6 Å². The van der Waals surface area contributed by atoms with Crippen molar-refractivity contribution in [3.8, 4) is 6.01 Å². The van der Waals surface area contributed by atoms with Gasteiger partial charge in [-0.2, -0.15) is 4.98 Å². The van der Waals surface area contributed by atoms with Crippen LogP contribution in [0.2, 0.25) is 0 Å². The topological polar surface area (TPSA) is 92.5 Å². The summed E-state index contributed by atoms with van der Waals surface area (Å²) in [5, 5.41) is 8.24. The largest absolute Gasteiger partial charge is 0.463 e. The van der Waals surface area contributed by atoms with Crippen LogP contribution in [0.25, 0.3) is 21.9 Å². The molecule has 0 aliphatic heterocycles. The third-order valence-electron chi connectivity index (χ3n) is 6.38. The molecule has 1 amide bonds. The number of ether oxygens (including phenoxy) is 1. The first-order chi connectivity index (χ1) is 18.7. The van der Waals surface area contributed by atoms with Crippen molar-refractivity contribution in [1.82, 2.24) is 14.9 Å². The molecule has 0 atom stereocenters. The number of benzene rings is 3. The number of para-hydroxylation sites is 2. The monoisotopic (exact) mass is 523 g/mol. The number of aryl methyl sites for hydroxylation is 1. The molecule has 8 nitrogen and oxygen atoms in total. The van der Waals surface area contributed by atoms with Crippen LogP contribution >= 0.6 is 0 Å². The van der Waals surface area contributed by atoms with Gasteiger partial charge in [-0.1, -0.05) is 50.2 Å². The van der Waals surface area contributed by atoms with E-state index in [4.69, 9.17) is 9.15 Å². The lowest BCUT2D eigenvalue weighted by Gasteiger charge is -2.27. The Hall–Kier alpha value is -4.43. The summed E-state index contributed by atoms with van der Waals surface area (Å²) in [6.07, 6.45) is 1.67. The molecule has 2 N–H and O–H groups in total. The number of hydrogen-bond donors (Lipinski definition) is 2. The molecule has 5 rings (SSSR count). The van der Waals surface area contributed by atoms with Crippen LogP contribution in [0.3, 0.4) is 0 Å². The molecule has 39 heavy (non-hydrogen) atoms. The SMILES string of the molecule is Cc1ccc(NC(=O)c2cccc3c2oc2ccccc23)cc1Nc1ccnc(OCC(C)(C)CN(C)C)n1. The average Bonchev–Trinajstić information content (AvgIpc) is 3.28. The Bertz CT molecular complexity index is 1640. The first kappa shape index (κ1) is 26.2. The number of furan rings is 1. The summed E-state index contributed by atoms with van der Waals surface area (Å²) in [5.74, 6) is 0.358. The second-order valence-electron chi connectivity index (χ2n) is 10.8. The smallest absolute Gasteiger partial charge is 0.318 e. The number of amides is 1. The van der Waals surface area contributed by atoms with Crippen LogP contribution in [-0.2, 0) is 0 Å². The van der Waals surface area contributed by atoms with Gasteiger partial charge in [0.25, 0.3) is 5.91 Å². The van der Waals surface area contributed by atoms with Crippen LogP contribution in [0.4, 0.5) is 17.2 Å². The van der Waals surface area contributed by atoms with Crippen molar-refractivity contribution >= 4 is 45.0 Å². The summed E-state index contributed by atoms with van der Waals surface area (Å²) in [5.41, 5.74) is 4.22. The van der Waals surface area contributed by atoms with Gasteiger partial charge in [0, 0.05) is 40.3 Å². The van der Waals surface area contributed by atoms with Gasteiger partial charge < -0.3 is 24.7 Å². The first-order valence-corrected chi connectivity index (χ1v) is 12.9. The number of carbonyl (C=O) groups excluding carboxylic acids is 1. The number of nitrogens with one attached hydrogen (secondary N) is 2. The molecule has 2 aromatic heterocycles. The minimum absolute atomic E-state index is 0.0495. The molecular formula is C31H33N5O3. The van der Waals surface area contributed by atoms with E-state index in [9.17, 15) is 4.79 Å². The molecule has 2 heterocycles. The Morgan fingerprint density at radius 3 is 2.64 bits per heavy atom. The van der Waals surface area contributed by atoms with Gasteiger partial charge >= 0.3 is 6.01 Å². The van der Waals surface area contributed by atoms with E-state index in [1.54, 1.807) is 18.3 Å². The van der Waals surface area contributed by atoms with Gasteiger partial charge in [0.1, 0.15) is 17.0 Å². The Balaban J connectivity index is 1.32. The van der Waals surface area contributed by atoms with Crippen molar-refractivity contribution in [2.24, 2.45) is 5.41 Å². The third-order valence-corrected chi connectivity index (χ3v) is 6.38. The molecule has 200 valence electrons. The lowest BCUT2D eigenvalue weighted by atomic mass is 9.94. The molecule has 3 aromatic carbocycles. The second-order valence-corrected chi connectivity index (χ2v) is 10.8. The molecule has 0 aliphatic carbocycles. The highest BCUT2D eigenvalue weighted by Crippen LogP contribution is 2.31. The Morgan fingerprint density at radius 1 is 1.03 bits per heavy atom. The van der Waals surface area contributed by atoms with Crippen LogP contribution in [0, 0.1) is 12.3 Å². The highest BCUT2D eigenvalue weighted by molar-refractivity contribution is 6.16. The number of fused-ring (bicyclic) bond motifs is 3. The lowest BCUT2D eigenvalue weighted by Crippen LogP contribution is -2.33. The van der Waals surface area contributed by atoms with E-state index in [0.717, 1.165) is 34.2 Å². The lowest BCUT2D eigenvalue weighted by molar-refractivity contribution is 0.102. The quantitative estimate of drug-likeness (QED) is 0.223. The van der Waals surface area contributed by atoms with E-state index in [0.29, 0.717) is 35.3 Å². The predicted octanol–water partition coefficient (Wildman–Crippen LogP) is 6.65. The van der Waals surface area contributed by atoms with Crippen LogP contribution in [0.15, 0.2) is 77.3 Å². The maximum Gasteiger partial charge on any atom is 0.318 e. The minimum atomic E-state index is -0.243. The molecule has 8 heteroatoms. The summed E-state index contributed by atoms with van der Waals surface area (Å²) in [6, 6.07) is 21.2. The number of carbonyl (C=O) groups is 1. The standard InChI is InChI=1S/C31H33N5O3/c1-20-13-14-21(33-29(37)24-11-8-10-23-22-9-6-7-12-26(22)39-28(23)24)17-25(20)34-27-15-16-32-30(35-27)38-19-31(2,3)18-36(4)5/h6-17H,18-19H2,1-5H3,(H,33,37)(H,32,34,35). The average molecular weight is 524 g/mol. The van der Waals surface area contributed by atoms with Gasteiger partial charge in [-0.15, -0.1) is 0 Å². The second kappa shape index (κ2) is 10.7. The molecule has 0 saturated heterocycles. The molecule has 0 saturated carbocycles. The fraction of sp³-hybridized carbons (Fsp3) is 0.258. The van der Waals surface area contributed by atoms with Crippen LogP contribution in [0.1, 0.15) is 29.8 Å². The summed E-state index contributed by atoms with van der Waals surface area (Å²) >= 11 is 0. The number of nitrogens with zero attached hydrogens (tertiary/aromatic N) is 3. The summed E-state index contributed by atoms with van der Waals surface area (Å²) in [6.45, 7) is 7.66. The Labute approximate surface area is 228 Å². The maximum atomic E-state index is 13.3. The zero-order chi connectivity index (χ0) is 27.6. The Morgan fingerprint density at radius 2 is 1.82 bits per heavy atom. The number of hydrogen-bond acceptors (Lipinski definition) is 7. The third kappa shape index (κ3) is 6.02. The van der Waals surface area contributed by atoms with Gasteiger partial charge in [0.15, 0.2) is 0 Å². The minimum Gasteiger partial charge on any atom is -0.463 e. The molecule has 5 aromatic rings. The van der Waals surface area contributed by atoms with Gasteiger partial charge in [-0.3, -0.25) is 4.79 Å². The molecule has 0 radical (unpaired) electrons. The van der Waals surface area contributed by atoms with Crippen molar-refractivity contribution in [3.63, 3.8) is 0 Å². The number of aromatic nitrogens is 2. The zero-order valence-electron chi connectivity index (χ0n) is 22.9. The summed E-state index contributed by atoms with van der Waals surface area (Å²) in [7, 11) is 4.09. The molecule has 0 spiro atoms. The van der Waals surface area contributed by atoms with E-state index in [1.165, 1.54) is 0 Å². The van der Waals surface area contributed by atoms with Crippen molar-refractivity contribution in [2.75, 3.05) is 37.9 Å². The van der Waals surface area contributed by atoms with E-state index in [2.05, 4.69) is 39.3 Å². The molecule has 0 bridgehead atoms.